The molecule has 27 heavy (non-hydrogen) atoms. The molecule has 2 aliphatic rings. The molecule has 2 aliphatic heterocycles. The van der Waals surface area contributed by atoms with E-state index in [-0.39, 0.29) is 24.0 Å². The van der Waals surface area contributed by atoms with Crippen LogP contribution in [0.15, 0.2) is 4.99 Å². The molecule has 2 N–H and O–H groups in total. The molecule has 0 spiro atoms. The van der Waals surface area contributed by atoms with E-state index in [9.17, 15) is 0 Å². The standard InChI is InChI=1S/C20H41N5O.HI/c1-17(2)15-19(25-11-13-26-14-12-25)16-23-20(21-4)22-7-10-24-8-5-18(3)6-9-24;/h17-19H,5-16H2,1-4H3,(H2,21,22,23);1H. The zero-order chi connectivity index (χ0) is 18.8. The lowest BCUT2D eigenvalue weighted by Gasteiger charge is -2.36. The number of hydrogen-bond acceptors (Lipinski definition) is 4. The number of piperidine rings is 1. The lowest BCUT2D eigenvalue weighted by Crippen LogP contribution is -2.51. The summed E-state index contributed by atoms with van der Waals surface area (Å²) in [5, 5.41) is 7.05. The summed E-state index contributed by atoms with van der Waals surface area (Å²) in [6.07, 6.45) is 3.88. The summed E-state index contributed by atoms with van der Waals surface area (Å²) in [4.78, 5) is 9.54. The van der Waals surface area contributed by atoms with Gasteiger partial charge in [0.15, 0.2) is 5.96 Å². The topological polar surface area (TPSA) is 52.1 Å². The van der Waals surface area contributed by atoms with E-state index in [4.69, 9.17) is 4.74 Å². The van der Waals surface area contributed by atoms with E-state index in [2.05, 4.69) is 46.2 Å². The Hall–Kier alpha value is -0.120. The van der Waals surface area contributed by atoms with Gasteiger partial charge >= 0.3 is 0 Å². The van der Waals surface area contributed by atoms with Crippen LogP contribution in [0.25, 0.3) is 0 Å². The second-order valence-corrected chi connectivity index (χ2v) is 8.34. The Morgan fingerprint density at radius 1 is 1.11 bits per heavy atom. The van der Waals surface area contributed by atoms with E-state index in [1.807, 2.05) is 7.05 Å². The third kappa shape index (κ3) is 9.76. The van der Waals surface area contributed by atoms with E-state index >= 15 is 0 Å². The second kappa shape index (κ2) is 14.0. The van der Waals surface area contributed by atoms with Crippen molar-refractivity contribution in [2.45, 2.75) is 46.1 Å². The van der Waals surface area contributed by atoms with E-state index in [0.29, 0.717) is 12.0 Å². The molecule has 0 bridgehead atoms. The summed E-state index contributed by atoms with van der Waals surface area (Å²) in [6.45, 7) is 16.3. The maximum Gasteiger partial charge on any atom is 0.191 e. The first-order valence-electron chi connectivity index (χ1n) is 10.6. The van der Waals surface area contributed by atoms with Gasteiger partial charge in [-0.05, 0) is 44.2 Å². The number of halogens is 1. The predicted molar refractivity (Wildman–Crippen MR) is 125 cm³/mol. The maximum absolute atomic E-state index is 5.52. The summed E-state index contributed by atoms with van der Waals surface area (Å²) < 4.78 is 5.52. The Balaban J connectivity index is 0.00000364. The van der Waals surface area contributed by atoms with Crippen molar-refractivity contribution in [3.05, 3.63) is 0 Å². The van der Waals surface area contributed by atoms with Crippen LogP contribution >= 0.6 is 24.0 Å². The van der Waals surface area contributed by atoms with Crippen LogP contribution in [0.3, 0.4) is 0 Å². The van der Waals surface area contributed by atoms with Crippen molar-refractivity contribution in [3.63, 3.8) is 0 Å². The predicted octanol–water partition coefficient (Wildman–Crippen LogP) is 2.25. The van der Waals surface area contributed by atoms with Crippen LogP contribution in [-0.2, 0) is 4.74 Å². The van der Waals surface area contributed by atoms with E-state index in [0.717, 1.165) is 57.8 Å². The molecule has 0 aromatic heterocycles. The van der Waals surface area contributed by atoms with Gasteiger partial charge in [0.25, 0.3) is 0 Å². The fourth-order valence-electron chi connectivity index (χ4n) is 3.90. The molecule has 0 aliphatic carbocycles. The van der Waals surface area contributed by atoms with Gasteiger partial charge in [0.05, 0.1) is 13.2 Å². The first-order chi connectivity index (χ1) is 12.6. The van der Waals surface area contributed by atoms with Gasteiger partial charge in [-0.25, -0.2) is 0 Å². The summed E-state index contributed by atoms with van der Waals surface area (Å²) in [5.41, 5.74) is 0. The number of guanidine groups is 1. The molecule has 1 unspecified atom stereocenters. The fraction of sp³-hybridized carbons (Fsp3) is 0.950. The summed E-state index contributed by atoms with van der Waals surface area (Å²) in [5.74, 6) is 2.52. The van der Waals surface area contributed by atoms with Gasteiger partial charge in [0, 0.05) is 45.8 Å². The van der Waals surface area contributed by atoms with Crippen molar-refractivity contribution in [2.75, 3.05) is 66.1 Å². The zero-order valence-electron chi connectivity index (χ0n) is 17.9. The highest BCUT2D eigenvalue weighted by Gasteiger charge is 2.22. The largest absolute Gasteiger partial charge is 0.379 e. The van der Waals surface area contributed by atoms with Crippen LogP contribution in [0.5, 0.6) is 0 Å². The first-order valence-corrected chi connectivity index (χ1v) is 10.6. The van der Waals surface area contributed by atoms with Crippen molar-refractivity contribution in [3.8, 4) is 0 Å². The van der Waals surface area contributed by atoms with Crippen LogP contribution in [0.4, 0.5) is 0 Å². The van der Waals surface area contributed by atoms with Crippen molar-refractivity contribution in [1.29, 1.82) is 0 Å². The van der Waals surface area contributed by atoms with Gasteiger partial charge in [0.1, 0.15) is 0 Å². The number of nitrogens with one attached hydrogen (secondary N) is 2. The molecule has 1 atom stereocenters. The first kappa shape index (κ1) is 24.9. The molecule has 0 amide bonds. The molecular formula is C20H42IN5O. The Labute approximate surface area is 183 Å². The van der Waals surface area contributed by atoms with Crippen molar-refractivity contribution in [1.82, 2.24) is 20.4 Å². The smallest absolute Gasteiger partial charge is 0.191 e. The normalized spacial score (nSPS) is 21.7. The molecule has 2 heterocycles. The monoisotopic (exact) mass is 495 g/mol. The molecule has 0 aromatic carbocycles. The van der Waals surface area contributed by atoms with E-state index < -0.39 is 0 Å². The van der Waals surface area contributed by atoms with Crippen LogP contribution in [0, 0.1) is 11.8 Å². The highest BCUT2D eigenvalue weighted by atomic mass is 127. The average Bonchev–Trinajstić information content (AvgIpc) is 2.65. The second-order valence-electron chi connectivity index (χ2n) is 8.34. The minimum Gasteiger partial charge on any atom is -0.379 e. The van der Waals surface area contributed by atoms with Gasteiger partial charge < -0.3 is 20.3 Å². The number of hydrogen-bond donors (Lipinski definition) is 2. The van der Waals surface area contributed by atoms with Crippen molar-refractivity contribution in [2.24, 2.45) is 16.8 Å². The molecule has 0 aromatic rings. The van der Waals surface area contributed by atoms with Gasteiger partial charge in [0.2, 0.25) is 0 Å². The third-order valence-electron chi connectivity index (χ3n) is 5.63. The Morgan fingerprint density at radius 2 is 1.78 bits per heavy atom. The maximum atomic E-state index is 5.52. The Bertz CT molecular complexity index is 407. The molecule has 0 saturated carbocycles. The summed E-state index contributed by atoms with van der Waals surface area (Å²) in [7, 11) is 1.87. The van der Waals surface area contributed by atoms with Crippen LogP contribution in [-0.4, -0.2) is 87.9 Å². The molecule has 2 rings (SSSR count). The summed E-state index contributed by atoms with van der Waals surface area (Å²) >= 11 is 0. The van der Waals surface area contributed by atoms with Crippen LogP contribution in [0.2, 0.25) is 0 Å². The Morgan fingerprint density at radius 3 is 2.37 bits per heavy atom. The van der Waals surface area contributed by atoms with Crippen LogP contribution < -0.4 is 10.6 Å². The minimum absolute atomic E-state index is 0. The van der Waals surface area contributed by atoms with Crippen LogP contribution in [0.1, 0.15) is 40.0 Å². The number of rotatable bonds is 8. The number of ether oxygens (including phenoxy) is 1. The zero-order valence-corrected chi connectivity index (χ0v) is 20.2. The highest BCUT2D eigenvalue weighted by Crippen LogP contribution is 2.15. The molecule has 2 fully saturated rings. The fourth-order valence-corrected chi connectivity index (χ4v) is 3.90. The number of aliphatic imine (C=N–C) groups is 1. The minimum atomic E-state index is 0. The molecular weight excluding hydrogens is 453 g/mol. The van der Waals surface area contributed by atoms with E-state index in [1.165, 1.54) is 32.4 Å². The van der Waals surface area contributed by atoms with Gasteiger partial charge in [-0.1, -0.05) is 20.8 Å². The number of likely N-dealkylation sites (tertiary alicyclic amines) is 1. The Kier molecular flexibility index (Phi) is 12.9. The van der Waals surface area contributed by atoms with Crippen molar-refractivity contribution < 1.29 is 4.74 Å². The molecule has 6 nitrogen and oxygen atoms in total. The quantitative estimate of drug-likeness (QED) is 0.308. The lowest BCUT2D eigenvalue weighted by atomic mass is 9.99. The van der Waals surface area contributed by atoms with Gasteiger partial charge in [-0.2, -0.15) is 0 Å². The highest BCUT2D eigenvalue weighted by molar-refractivity contribution is 14.0. The third-order valence-corrected chi connectivity index (χ3v) is 5.63. The van der Waals surface area contributed by atoms with Crippen molar-refractivity contribution >= 4 is 29.9 Å². The molecule has 160 valence electrons. The van der Waals surface area contributed by atoms with Gasteiger partial charge in [-0.3, -0.25) is 9.89 Å². The number of morpholine rings is 1. The average molecular weight is 495 g/mol. The lowest BCUT2D eigenvalue weighted by molar-refractivity contribution is 0.0132. The SMILES string of the molecule is CN=C(NCCN1CCC(C)CC1)NCC(CC(C)C)N1CCOCC1.I. The van der Waals surface area contributed by atoms with Gasteiger partial charge in [-0.15, -0.1) is 24.0 Å². The molecule has 7 heteroatoms. The van der Waals surface area contributed by atoms with E-state index in [1.54, 1.807) is 0 Å². The molecule has 2 saturated heterocycles. The number of nitrogens with zero attached hydrogens (tertiary/aromatic N) is 3. The molecule has 0 radical (unpaired) electrons. The summed E-state index contributed by atoms with van der Waals surface area (Å²) in [6, 6.07) is 0.543.